The van der Waals surface area contributed by atoms with Crippen LogP contribution in [0.4, 0.5) is 11.4 Å². The second-order valence-corrected chi connectivity index (χ2v) is 39.5. The molecular formula is C131H244N2O17. The molecule has 0 spiro atoms. The Kier molecular flexibility index (Phi) is 97.3. The molecule has 0 aromatic heterocycles. The number of carbonyl (C=O) groups is 2. The Morgan fingerprint density at radius 3 is 1.11 bits per heavy atom. The summed E-state index contributed by atoms with van der Waals surface area (Å²) < 4.78 is 50.5. The van der Waals surface area contributed by atoms with E-state index in [1.807, 2.05) is 142 Å². The van der Waals surface area contributed by atoms with E-state index in [4.69, 9.17) is 42.6 Å². The van der Waals surface area contributed by atoms with Gasteiger partial charge in [0.05, 0.1) is 50.6 Å². The fourth-order valence-electron chi connectivity index (χ4n) is 17.2. The van der Waals surface area contributed by atoms with Crippen LogP contribution in [0.15, 0.2) is 127 Å². The summed E-state index contributed by atoms with van der Waals surface area (Å²) in [7, 11) is 3.13. The minimum absolute atomic E-state index is 0. The molecule has 4 bridgehead atoms. The number of hydrogen-bond donors (Lipinski definition) is 8. The van der Waals surface area contributed by atoms with Gasteiger partial charge in [0.25, 0.3) is 0 Å². The van der Waals surface area contributed by atoms with Gasteiger partial charge in [0.2, 0.25) is 0 Å². The highest BCUT2D eigenvalue weighted by Gasteiger charge is 2.57. The number of hydrogen-bond acceptors (Lipinski definition) is 19. The standard InChI is InChI=1S/C22H37NO3.C22H30O3.C16H26O2.C12H19NO2.C12H18O.2C11H16O2.C9H18O2.16CH4/c1-5-16(2)20-11-12-22(21(15-20)23-17(3)24)26-18(4)25-14-13-19-9-7-6-8-10-19;1-6-16(2)20-14-17(3)22(18(4)15-20)25-19(5)23-12-13-24-21-10-8-7-9-11-21;1-4-10(2)15(17)18-16(3)13-6-11-5-12(8-13)9-14(16)7-11;1-4-8(2)10-5-6-12(15)11(7-10)13-9(3)14;1-5-8(2)11-6-9(3)12(13)10(4)7-11;2*1-4-8(2)9-5-6-10(12)11(7-9)13-3;1-6-7(2)8(10)11-9(3,4)5;;;;;;;;;;;;;;;;/h11-12,15-19,23-24H,5-10,13-14H2,1-4H3;7-11,14-16,19H,6,12-13H2,1-5H3;10-14H,4-9H2,1-3H3;5-9,13-15H,4H2,1-3H3;6-8,13H,5H2,1-4H3;2*5-8,12H,4H2,1-3H3;7H,6H2,1-5H3;16*1H4. The average molecular weight is 2120 g/mol. The monoisotopic (exact) mass is 2120 g/mol. The van der Waals surface area contributed by atoms with Gasteiger partial charge in [-0.15, -0.1) is 0 Å². The van der Waals surface area contributed by atoms with Crippen molar-refractivity contribution in [3.05, 3.63) is 183 Å². The molecule has 880 valence electrons. The summed E-state index contributed by atoms with van der Waals surface area (Å²) in [6.07, 6.45) is 21.0. The molecule has 19 nitrogen and oxygen atoms in total. The number of para-hydroxylation sites is 1. The molecule has 5 fully saturated rings. The molecule has 0 heterocycles. The largest absolute Gasteiger partial charge is 0.507 e. The van der Waals surface area contributed by atoms with Crippen LogP contribution in [0.25, 0.3) is 0 Å². The fourth-order valence-corrected chi connectivity index (χ4v) is 17.2. The third kappa shape index (κ3) is 57.9. The van der Waals surface area contributed by atoms with E-state index in [9.17, 15) is 40.2 Å². The van der Waals surface area contributed by atoms with Crippen LogP contribution in [0, 0.1) is 69.1 Å². The van der Waals surface area contributed by atoms with Gasteiger partial charge in [-0.2, -0.15) is 0 Å². The van der Waals surface area contributed by atoms with Crippen LogP contribution in [-0.2, 0) is 28.5 Å². The summed E-state index contributed by atoms with van der Waals surface area (Å²) in [6.45, 7) is 58.9. The molecule has 19 heteroatoms. The first-order valence-corrected chi connectivity index (χ1v) is 50.6. The third-order valence-corrected chi connectivity index (χ3v) is 27.4. The predicted octanol–water partition coefficient (Wildman–Crippen LogP) is 39.6. The minimum Gasteiger partial charge on any atom is -0.507 e. The van der Waals surface area contributed by atoms with Crippen LogP contribution in [-0.4, -0.2) is 113 Å². The van der Waals surface area contributed by atoms with Crippen molar-refractivity contribution in [2.75, 3.05) is 44.7 Å². The second-order valence-electron chi connectivity index (χ2n) is 39.5. The van der Waals surface area contributed by atoms with Gasteiger partial charge in [0, 0.05) is 0 Å². The fraction of sp³-hybridized carbons (Fsp3) is 0.664. The molecule has 5 saturated carbocycles. The van der Waals surface area contributed by atoms with E-state index in [1.54, 1.807) is 46.3 Å². The van der Waals surface area contributed by atoms with Crippen molar-refractivity contribution >= 4 is 23.3 Å². The van der Waals surface area contributed by atoms with Crippen molar-refractivity contribution in [1.82, 2.24) is 0 Å². The Labute approximate surface area is 928 Å². The summed E-state index contributed by atoms with van der Waals surface area (Å²) in [6, 6.07) is 41.0. The first kappa shape index (κ1) is 169. The van der Waals surface area contributed by atoms with Gasteiger partial charge in [-0.25, -0.2) is 0 Å². The van der Waals surface area contributed by atoms with Crippen molar-refractivity contribution in [2.24, 2.45) is 41.4 Å². The molecule has 5 aliphatic rings. The normalized spacial score (nSPS) is 17.0. The lowest BCUT2D eigenvalue weighted by molar-refractivity contribution is -0.206. The molecule has 12 unspecified atom stereocenters. The number of rotatable bonds is 36. The Morgan fingerprint density at radius 1 is 0.387 bits per heavy atom. The summed E-state index contributed by atoms with van der Waals surface area (Å²) in [5.74, 6) is 11.7. The summed E-state index contributed by atoms with van der Waals surface area (Å²) in [5, 5.41) is 62.7. The molecule has 0 saturated heterocycles. The Bertz CT molecular complexity index is 4360. The summed E-state index contributed by atoms with van der Waals surface area (Å²) in [4.78, 5) is 23.3. The molecule has 150 heavy (non-hydrogen) atoms. The van der Waals surface area contributed by atoms with Crippen LogP contribution in [0.3, 0.4) is 0 Å². The second kappa shape index (κ2) is 86.4. The number of carbonyl (C=O) groups excluding carboxylic acids is 2. The number of aromatic hydroxyl groups is 4. The van der Waals surface area contributed by atoms with Gasteiger partial charge in [0.1, 0.15) is 59.0 Å². The summed E-state index contributed by atoms with van der Waals surface area (Å²) in [5.41, 5.74) is 12.7. The van der Waals surface area contributed by atoms with Gasteiger partial charge in [0.15, 0.2) is 35.6 Å². The number of benzene rings is 7. The van der Waals surface area contributed by atoms with Gasteiger partial charge in [-0.3, -0.25) is 9.59 Å². The zero-order valence-corrected chi connectivity index (χ0v) is 88.2. The average Bonchev–Trinajstić information content (AvgIpc) is 0.730. The number of anilines is 2. The Hall–Kier alpha value is -8.88. The topological polar surface area (TPSA) is 263 Å². The van der Waals surface area contributed by atoms with Crippen LogP contribution in [0.1, 0.15) is 498 Å². The van der Waals surface area contributed by atoms with Crippen LogP contribution >= 0.6 is 0 Å². The van der Waals surface area contributed by atoms with Crippen LogP contribution in [0.2, 0.25) is 0 Å². The maximum absolute atomic E-state index is 12.1. The van der Waals surface area contributed by atoms with E-state index >= 15 is 0 Å². The van der Waals surface area contributed by atoms with Gasteiger partial charge in [-0.05, 0) is 354 Å². The molecule has 0 aliphatic heterocycles. The Morgan fingerprint density at radius 2 is 0.733 bits per heavy atom. The zero-order valence-electron chi connectivity index (χ0n) is 88.2. The summed E-state index contributed by atoms with van der Waals surface area (Å²) >= 11 is 0. The molecule has 7 aromatic rings. The molecule has 0 radical (unpaired) electrons. The van der Waals surface area contributed by atoms with Crippen LogP contribution in [0.5, 0.6) is 51.7 Å². The predicted molar refractivity (Wildman–Crippen MR) is 659 cm³/mol. The highest BCUT2D eigenvalue weighted by atomic mass is 16.7. The number of phenols is 4. The maximum Gasteiger partial charge on any atom is 0.309 e. The number of phenolic OH excluding ortho intramolecular Hbond substituents is 4. The molecule has 12 rings (SSSR count). The van der Waals surface area contributed by atoms with Crippen LogP contribution < -0.4 is 34.3 Å². The van der Waals surface area contributed by atoms with E-state index in [0.29, 0.717) is 83.5 Å². The third-order valence-electron chi connectivity index (χ3n) is 27.4. The number of methoxy groups -OCH3 is 2. The molecule has 12 atom stereocenters. The minimum atomic E-state index is -0.664. The maximum atomic E-state index is 12.1. The van der Waals surface area contributed by atoms with Crippen molar-refractivity contribution in [1.29, 1.82) is 0 Å². The number of aryl methyl sites for hydroxylation is 4. The van der Waals surface area contributed by atoms with E-state index in [0.717, 1.165) is 127 Å². The van der Waals surface area contributed by atoms with E-state index in [2.05, 4.69) is 158 Å². The van der Waals surface area contributed by atoms with E-state index < -0.39 is 12.5 Å². The first-order valence-electron chi connectivity index (χ1n) is 50.6. The lowest BCUT2D eigenvalue weighted by Crippen LogP contribution is -2.58. The van der Waals surface area contributed by atoms with Gasteiger partial charge in [-0.1, -0.05) is 328 Å². The zero-order chi connectivity index (χ0) is 100. The number of esters is 2. The lowest BCUT2D eigenvalue weighted by Gasteiger charge is -2.59. The molecule has 7 aromatic carbocycles. The van der Waals surface area contributed by atoms with Gasteiger partial charge < -0.3 is 83.9 Å². The molecule has 0 amide bonds. The van der Waals surface area contributed by atoms with Gasteiger partial charge >= 0.3 is 11.9 Å². The van der Waals surface area contributed by atoms with E-state index in [-0.39, 0.29) is 184 Å². The number of ether oxygens (including phenoxy) is 9. The molecule has 5 aliphatic carbocycles. The smallest absolute Gasteiger partial charge is 0.309 e. The molecular weight excluding hydrogens is 1870 g/mol. The van der Waals surface area contributed by atoms with E-state index in [1.165, 1.54) is 97.6 Å². The van der Waals surface area contributed by atoms with Crippen molar-refractivity contribution in [3.8, 4) is 51.7 Å². The first-order chi connectivity index (χ1) is 63.4. The quantitative estimate of drug-likeness (QED) is 0.00785. The van der Waals surface area contributed by atoms with Crippen molar-refractivity contribution < 1.29 is 82.9 Å². The number of aliphatic hydroxyl groups excluding tert-OH is 2. The number of nitrogens with one attached hydrogen (secondary N) is 2. The number of aliphatic hydroxyl groups is 2. The van der Waals surface area contributed by atoms with Crippen molar-refractivity contribution in [3.63, 3.8) is 0 Å². The highest BCUT2D eigenvalue weighted by molar-refractivity contribution is 5.73. The highest BCUT2D eigenvalue weighted by Crippen LogP contribution is 2.60. The Balaban J connectivity index is -0.000000130. The van der Waals surface area contributed by atoms with Crippen molar-refractivity contribution in [2.45, 2.75) is 506 Å². The SMILES string of the molecule is C.C.C.C.C.C.C.C.C.C.C.C.C.C.C.C.CCC(C)C(=O)OC(C)(C)C.CCC(C)C(=O)OC1(C)C2CC3CC(C2)CC1C3.CCC(C)c1cc(C)c(O)c(C)c1.CCC(C)c1cc(C)c(OC(C)OCCOc2ccccc2)c(C)c1.CCC(C)c1ccc(O)c(NC(C)O)c1.CCC(C)c1ccc(O)c(OC)c1.CCC(C)c1ccc(O)c(OC)c1.CCC(C)c1ccc(OC(C)OCCC2CCCCC2)c(NC(C)O)c1. The molecule has 8 N–H and O–H groups in total. The lowest BCUT2D eigenvalue weighted by atomic mass is 9.50.